The van der Waals surface area contributed by atoms with Crippen LogP contribution in [-0.4, -0.2) is 45.2 Å². The third-order valence-corrected chi connectivity index (χ3v) is 8.57. The van der Waals surface area contributed by atoms with Gasteiger partial charge >= 0.3 is 0 Å². The molecule has 0 spiro atoms. The maximum Gasteiger partial charge on any atom is 0.235 e. The van der Waals surface area contributed by atoms with Gasteiger partial charge in [0.05, 0.1) is 17.1 Å². The van der Waals surface area contributed by atoms with Gasteiger partial charge in [0.2, 0.25) is 17.8 Å². The van der Waals surface area contributed by atoms with Gasteiger partial charge in [-0.1, -0.05) is 0 Å². The molecule has 0 unspecified atom stereocenters. The molecule has 0 aliphatic carbocycles. The quantitative estimate of drug-likeness (QED) is 0.0904. The van der Waals surface area contributed by atoms with E-state index in [1.165, 1.54) is 34.0 Å². The van der Waals surface area contributed by atoms with Crippen LogP contribution in [0.5, 0.6) is 17.2 Å². The number of anilines is 6. The highest BCUT2D eigenvalue weighted by Gasteiger charge is 2.14. The first-order chi connectivity index (χ1) is 21.9. The average molecular weight is 652 g/mol. The van der Waals surface area contributed by atoms with Gasteiger partial charge in [0.1, 0.15) is 17.2 Å². The van der Waals surface area contributed by atoms with E-state index in [9.17, 15) is 15.3 Å². The number of phenolic OH excluding ortho intramolecular Hbond substituents is 3. The zero-order valence-electron chi connectivity index (χ0n) is 22.9. The molecule has 7 rings (SSSR count). The van der Waals surface area contributed by atoms with Crippen molar-refractivity contribution >= 4 is 67.3 Å². The Morgan fingerprint density at radius 2 is 0.644 bits per heavy atom. The summed E-state index contributed by atoms with van der Waals surface area (Å²) >= 11 is 4.15. The summed E-state index contributed by atoms with van der Waals surface area (Å²) in [5.74, 6) is 1.28. The van der Waals surface area contributed by atoms with Crippen molar-refractivity contribution in [1.29, 1.82) is 0 Å². The predicted octanol–water partition coefficient (Wildman–Crippen LogP) is 7.59. The number of thiazole rings is 3. The summed E-state index contributed by atoms with van der Waals surface area (Å²) in [6.07, 6.45) is 0. The van der Waals surface area contributed by atoms with Crippen molar-refractivity contribution in [1.82, 2.24) is 29.9 Å². The number of hydrogen-bond donors (Lipinski definition) is 6. The molecule has 6 N–H and O–H groups in total. The zero-order chi connectivity index (χ0) is 30.8. The largest absolute Gasteiger partial charge is 0.508 e. The molecule has 0 aliphatic heterocycles. The molecule has 0 fully saturated rings. The fourth-order valence-electron chi connectivity index (χ4n) is 4.12. The Balaban J connectivity index is 1.16. The molecule has 0 atom stereocenters. The fourth-order valence-corrected chi connectivity index (χ4v) is 6.26. The second-order valence-electron chi connectivity index (χ2n) is 9.44. The number of benzene rings is 3. The summed E-state index contributed by atoms with van der Waals surface area (Å²) in [6.45, 7) is 0. The highest BCUT2D eigenvalue weighted by molar-refractivity contribution is 7.14. The van der Waals surface area contributed by atoms with E-state index in [1.807, 2.05) is 16.1 Å². The van der Waals surface area contributed by atoms with Crippen molar-refractivity contribution in [3.63, 3.8) is 0 Å². The second-order valence-corrected chi connectivity index (χ2v) is 12.0. The molecule has 4 aromatic heterocycles. The number of aromatic nitrogens is 6. The fraction of sp³-hybridized carbons (Fsp3) is 0. The first-order valence-corrected chi connectivity index (χ1v) is 15.9. The van der Waals surface area contributed by atoms with Crippen LogP contribution in [-0.2, 0) is 0 Å². The van der Waals surface area contributed by atoms with Crippen LogP contribution in [0.2, 0.25) is 0 Å². The minimum Gasteiger partial charge on any atom is -0.508 e. The van der Waals surface area contributed by atoms with E-state index in [2.05, 4.69) is 45.9 Å². The molecule has 0 radical (unpaired) electrons. The minimum absolute atomic E-state index is 0.184. The summed E-state index contributed by atoms with van der Waals surface area (Å²) in [5, 5.41) is 45.7. The Hall–Kier alpha value is -5.64. The second kappa shape index (κ2) is 12.2. The van der Waals surface area contributed by atoms with E-state index in [4.69, 9.17) is 0 Å². The molecule has 4 heterocycles. The Kier molecular flexibility index (Phi) is 7.61. The lowest BCUT2D eigenvalue weighted by molar-refractivity contribution is 0.475. The van der Waals surface area contributed by atoms with Crippen LogP contribution in [0, 0.1) is 0 Å². The van der Waals surface area contributed by atoms with Gasteiger partial charge in [-0.15, -0.1) is 34.0 Å². The number of aromatic hydroxyl groups is 3. The summed E-state index contributed by atoms with van der Waals surface area (Å²) in [7, 11) is 0. The molecular weight excluding hydrogens is 631 g/mol. The molecule has 45 heavy (non-hydrogen) atoms. The maximum absolute atomic E-state index is 9.62. The molecular formula is C30H21N9O3S3. The molecule has 12 nitrogen and oxygen atoms in total. The van der Waals surface area contributed by atoms with E-state index < -0.39 is 0 Å². The van der Waals surface area contributed by atoms with Crippen LogP contribution < -0.4 is 16.0 Å². The van der Waals surface area contributed by atoms with Crippen LogP contribution in [0.4, 0.5) is 33.2 Å². The Bertz CT molecular complexity index is 1830. The zero-order valence-corrected chi connectivity index (χ0v) is 25.4. The highest BCUT2D eigenvalue weighted by atomic mass is 32.1. The number of rotatable bonds is 9. The molecule has 0 amide bonds. The lowest BCUT2D eigenvalue weighted by Crippen LogP contribution is -2.07. The summed E-state index contributed by atoms with van der Waals surface area (Å²) < 4.78 is 0. The summed E-state index contributed by atoms with van der Waals surface area (Å²) in [6, 6.07) is 20.4. The van der Waals surface area contributed by atoms with Crippen molar-refractivity contribution in [3.05, 3.63) is 88.9 Å². The monoisotopic (exact) mass is 651 g/mol. The minimum atomic E-state index is 0.184. The van der Waals surface area contributed by atoms with Crippen LogP contribution in [0.15, 0.2) is 88.9 Å². The Morgan fingerprint density at radius 3 is 0.911 bits per heavy atom. The molecule has 15 heteroatoms. The number of nitrogens with one attached hydrogen (secondary N) is 3. The van der Waals surface area contributed by atoms with Crippen molar-refractivity contribution in [2.45, 2.75) is 0 Å². The smallest absolute Gasteiger partial charge is 0.235 e. The molecule has 7 aromatic rings. The first kappa shape index (κ1) is 28.1. The van der Waals surface area contributed by atoms with Crippen LogP contribution >= 0.6 is 34.0 Å². The number of nitrogens with zero attached hydrogens (tertiary/aromatic N) is 6. The highest BCUT2D eigenvalue weighted by Crippen LogP contribution is 2.31. The SMILES string of the molecule is Oc1ccc(-c2csc(Nc3nc(Nc4nc(-c5ccc(O)cc5)cs4)nc(Nc4nc(-c5ccc(O)cc5)cs4)n3)n2)cc1. The standard InChI is InChI=1S/C30H21N9O3S3/c40-19-7-1-16(2-8-19)22-13-43-28(31-22)37-25-34-26(38-29-32-23(14-44-29)17-3-9-20(41)10-4-17)36-27(35-25)39-30-33-24(15-45-30)18-5-11-21(42)12-6-18/h1-15,40-42H,(H3,31,32,33,34,35,36,37,38,39). The third kappa shape index (κ3) is 6.65. The number of phenols is 3. The van der Waals surface area contributed by atoms with Gasteiger partial charge in [-0.05, 0) is 72.8 Å². The summed E-state index contributed by atoms with van der Waals surface area (Å²) in [4.78, 5) is 27.6. The summed E-state index contributed by atoms with van der Waals surface area (Å²) in [5.41, 5.74) is 4.80. The predicted molar refractivity (Wildman–Crippen MR) is 177 cm³/mol. The topological polar surface area (TPSA) is 174 Å². The van der Waals surface area contributed by atoms with Gasteiger partial charge in [-0.2, -0.15) is 15.0 Å². The number of hydrogen-bond acceptors (Lipinski definition) is 15. The molecule has 222 valence electrons. The van der Waals surface area contributed by atoms with Gasteiger partial charge in [0, 0.05) is 32.8 Å². The molecule has 0 bridgehead atoms. The molecule has 3 aromatic carbocycles. The van der Waals surface area contributed by atoms with Gasteiger partial charge < -0.3 is 15.3 Å². The average Bonchev–Trinajstić information content (AvgIpc) is 3.81. The molecule has 0 aliphatic rings. The van der Waals surface area contributed by atoms with E-state index >= 15 is 0 Å². The van der Waals surface area contributed by atoms with Crippen molar-refractivity contribution in [3.8, 4) is 51.0 Å². The van der Waals surface area contributed by atoms with Gasteiger partial charge in [0.15, 0.2) is 15.4 Å². The van der Waals surface area contributed by atoms with E-state index in [0.717, 1.165) is 33.8 Å². The first-order valence-electron chi connectivity index (χ1n) is 13.3. The van der Waals surface area contributed by atoms with E-state index in [0.29, 0.717) is 15.4 Å². The Labute approximate surface area is 267 Å². The van der Waals surface area contributed by atoms with Crippen molar-refractivity contribution in [2.75, 3.05) is 16.0 Å². The van der Waals surface area contributed by atoms with Crippen LogP contribution in [0.3, 0.4) is 0 Å². The normalized spacial score (nSPS) is 10.9. The van der Waals surface area contributed by atoms with Crippen molar-refractivity contribution in [2.24, 2.45) is 0 Å². The maximum atomic E-state index is 9.62. The van der Waals surface area contributed by atoms with Crippen LogP contribution in [0.1, 0.15) is 0 Å². The molecule has 0 saturated heterocycles. The van der Waals surface area contributed by atoms with E-state index in [1.54, 1.807) is 72.8 Å². The van der Waals surface area contributed by atoms with Gasteiger partial charge in [-0.25, -0.2) is 15.0 Å². The van der Waals surface area contributed by atoms with Gasteiger partial charge in [-0.3, -0.25) is 16.0 Å². The lowest BCUT2D eigenvalue weighted by Gasteiger charge is -2.08. The van der Waals surface area contributed by atoms with Crippen LogP contribution in [0.25, 0.3) is 33.8 Å². The van der Waals surface area contributed by atoms with E-state index in [-0.39, 0.29) is 35.1 Å². The third-order valence-electron chi connectivity index (χ3n) is 6.29. The lowest BCUT2D eigenvalue weighted by atomic mass is 10.2. The Morgan fingerprint density at radius 1 is 0.378 bits per heavy atom. The molecule has 0 saturated carbocycles. The van der Waals surface area contributed by atoms with Gasteiger partial charge in [0.25, 0.3) is 0 Å². The van der Waals surface area contributed by atoms with Crippen molar-refractivity contribution < 1.29 is 15.3 Å².